The standard InChI is InChI=1S/C23H29NO2/c1-7-26-19-13-11-18(12-14-19)23(6)15-22(4,5)24(17(3)25)21-16(2)9-8-10-20(21)23/h8-14H,7,15H2,1-6H3/t23-/m1/s1. The van der Waals surface area contributed by atoms with Gasteiger partial charge in [0.1, 0.15) is 5.75 Å². The Labute approximate surface area is 157 Å². The summed E-state index contributed by atoms with van der Waals surface area (Å²) in [5.41, 5.74) is 4.25. The molecule has 0 aliphatic carbocycles. The van der Waals surface area contributed by atoms with Gasteiger partial charge in [-0.15, -0.1) is 0 Å². The number of hydrogen-bond donors (Lipinski definition) is 0. The van der Waals surface area contributed by atoms with Crippen LogP contribution in [-0.2, 0) is 10.2 Å². The Balaban J connectivity index is 2.20. The van der Waals surface area contributed by atoms with E-state index in [9.17, 15) is 4.79 Å². The predicted molar refractivity (Wildman–Crippen MR) is 107 cm³/mol. The van der Waals surface area contributed by atoms with E-state index >= 15 is 0 Å². The van der Waals surface area contributed by atoms with Gasteiger partial charge in [-0.1, -0.05) is 37.3 Å². The summed E-state index contributed by atoms with van der Waals surface area (Å²) >= 11 is 0. The number of carbonyl (C=O) groups is 1. The third kappa shape index (κ3) is 2.90. The van der Waals surface area contributed by atoms with Crippen molar-refractivity contribution in [1.82, 2.24) is 0 Å². The van der Waals surface area contributed by atoms with Gasteiger partial charge in [-0.25, -0.2) is 0 Å². The molecule has 1 aliphatic heterocycles. The van der Waals surface area contributed by atoms with Crippen molar-refractivity contribution in [2.75, 3.05) is 11.5 Å². The van der Waals surface area contributed by atoms with E-state index in [1.165, 1.54) is 11.1 Å². The molecule has 0 bridgehead atoms. The number of anilines is 1. The van der Waals surface area contributed by atoms with Crippen LogP contribution in [0.5, 0.6) is 5.75 Å². The zero-order valence-electron chi connectivity index (χ0n) is 16.7. The van der Waals surface area contributed by atoms with Gasteiger partial charge in [0.05, 0.1) is 12.3 Å². The number of amides is 1. The SMILES string of the molecule is CCOc1ccc([C@@]2(C)CC(C)(C)N(C(C)=O)c3c(C)cccc32)cc1. The second-order valence-electron chi connectivity index (χ2n) is 8.10. The monoisotopic (exact) mass is 351 g/mol. The fourth-order valence-electron chi connectivity index (χ4n) is 4.67. The number of fused-ring (bicyclic) bond motifs is 1. The number of nitrogens with zero attached hydrogens (tertiary/aromatic N) is 1. The third-order valence-electron chi connectivity index (χ3n) is 5.56. The predicted octanol–water partition coefficient (Wildman–Crippen LogP) is 5.23. The Morgan fingerprint density at radius 1 is 1.12 bits per heavy atom. The molecule has 0 saturated heterocycles. The van der Waals surface area contributed by atoms with E-state index in [0.29, 0.717) is 6.61 Å². The van der Waals surface area contributed by atoms with Crippen LogP contribution in [0.25, 0.3) is 0 Å². The van der Waals surface area contributed by atoms with Crippen LogP contribution in [-0.4, -0.2) is 18.1 Å². The fraction of sp³-hybridized carbons (Fsp3) is 0.435. The maximum absolute atomic E-state index is 12.5. The Hall–Kier alpha value is -2.29. The highest BCUT2D eigenvalue weighted by molar-refractivity contribution is 5.96. The molecule has 0 unspecified atom stereocenters. The first-order valence-corrected chi connectivity index (χ1v) is 9.35. The largest absolute Gasteiger partial charge is 0.494 e. The van der Waals surface area contributed by atoms with Crippen LogP contribution in [0.2, 0.25) is 0 Å². The molecule has 2 aromatic carbocycles. The Morgan fingerprint density at radius 2 is 1.77 bits per heavy atom. The molecule has 3 heteroatoms. The summed E-state index contributed by atoms with van der Waals surface area (Å²) in [5, 5.41) is 0. The van der Waals surface area contributed by atoms with E-state index in [4.69, 9.17) is 4.74 Å². The number of hydrogen-bond acceptors (Lipinski definition) is 2. The molecule has 1 amide bonds. The highest BCUT2D eigenvalue weighted by atomic mass is 16.5. The average molecular weight is 351 g/mol. The minimum atomic E-state index is -0.266. The van der Waals surface area contributed by atoms with Crippen molar-refractivity contribution in [1.29, 1.82) is 0 Å². The van der Waals surface area contributed by atoms with Crippen LogP contribution in [0.3, 0.4) is 0 Å². The summed E-state index contributed by atoms with van der Waals surface area (Å²) in [6, 6.07) is 14.8. The fourth-order valence-corrected chi connectivity index (χ4v) is 4.67. The van der Waals surface area contributed by atoms with Gasteiger partial charge < -0.3 is 9.64 Å². The molecule has 0 N–H and O–H groups in total. The smallest absolute Gasteiger partial charge is 0.224 e. The van der Waals surface area contributed by atoms with E-state index in [-0.39, 0.29) is 16.9 Å². The molecule has 26 heavy (non-hydrogen) atoms. The van der Waals surface area contributed by atoms with Gasteiger partial charge in [-0.3, -0.25) is 4.79 Å². The van der Waals surface area contributed by atoms with Crippen molar-refractivity contribution >= 4 is 11.6 Å². The summed E-state index contributed by atoms with van der Waals surface area (Å²) in [6.07, 6.45) is 0.865. The molecule has 0 fully saturated rings. The van der Waals surface area contributed by atoms with Crippen LogP contribution < -0.4 is 9.64 Å². The maximum Gasteiger partial charge on any atom is 0.224 e. The molecular formula is C23H29NO2. The molecule has 1 aliphatic rings. The zero-order chi connectivity index (χ0) is 19.1. The van der Waals surface area contributed by atoms with E-state index in [1.807, 2.05) is 24.0 Å². The number of aryl methyl sites for hydroxylation is 1. The molecule has 0 spiro atoms. The Bertz CT molecular complexity index is 823. The molecule has 0 saturated carbocycles. The molecule has 1 atom stereocenters. The first-order chi connectivity index (χ1) is 12.2. The molecule has 0 radical (unpaired) electrons. The van der Waals surface area contributed by atoms with E-state index in [1.54, 1.807) is 6.92 Å². The lowest BCUT2D eigenvalue weighted by atomic mass is 9.64. The van der Waals surface area contributed by atoms with Crippen LogP contribution in [0.15, 0.2) is 42.5 Å². The normalized spacial score (nSPS) is 21.2. The minimum Gasteiger partial charge on any atom is -0.494 e. The Kier molecular flexibility index (Phi) is 4.60. The summed E-state index contributed by atoms with van der Waals surface area (Å²) in [4.78, 5) is 14.5. The molecule has 3 rings (SSSR count). The van der Waals surface area contributed by atoms with E-state index in [0.717, 1.165) is 23.4 Å². The highest BCUT2D eigenvalue weighted by Crippen LogP contribution is 2.51. The molecule has 0 aromatic heterocycles. The number of carbonyl (C=O) groups excluding carboxylic acids is 1. The van der Waals surface area contributed by atoms with Gasteiger partial charge in [0.2, 0.25) is 5.91 Å². The first kappa shape index (κ1) is 18.5. The Morgan fingerprint density at radius 3 is 2.35 bits per heavy atom. The minimum absolute atomic E-state index is 0.0966. The summed E-state index contributed by atoms with van der Waals surface area (Å²) in [7, 11) is 0. The molecule has 3 nitrogen and oxygen atoms in total. The van der Waals surface area contributed by atoms with Crippen LogP contribution in [0, 0.1) is 6.92 Å². The molecule has 138 valence electrons. The quantitative estimate of drug-likeness (QED) is 0.757. The van der Waals surface area contributed by atoms with Crippen molar-refractivity contribution in [2.24, 2.45) is 0 Å². The van der Waals surface area contributed by atoms with Crippen molar-refractivity contribution < 1.29 is 9.53 Å². The van der Waals surface area contributed by atoms with Gasteiger partial charge >= 0.3 is 0 Å². The van der Waals surface area contributed by atoms with Gasteiger partial charge in [0.25, 0.3) is 0 Å². The second-order valence-corrected chi connectivity index (χ2v) is 8.10. The van der Waals surface area contributed by atoms with Crippen molar-refractivity contribution in [3.05, 3.63) is 59.2 Å². The third-order valence-corrected chi connectivity index (χ3v) is 5.56. The van der Waals surface area contributed by atoms with Gasteiger partial charge in [-0.2, -0.15) is 0 Å². The molecular weight excluding hydrogens is 322 g/mol. The lowest BCUT2D eigenvalue weighted by Gasteiger charge is -2.51. The first-order valence-electron chi connectivity index (χ1n) is 9.35. The van der Waals surface area contributed by atoms with E-state index in [2.05, 4.69) is 58.0 Å². The highest BCUT2D eigenvalue weighted by Gasteiger charge is 2.47. The van der Waals surface area contributed by atoms with Gasteiger partial charge in [0, 0.05) is 17.9 Å². The number of benzene rings is 2. The van der Waals surface area contributed by atoms with Crippen molar-refractivity contribution in [3.8, 4) is 5.75 Å². The summed E-state index contributed by atoms with van der Waals surface area (Å²) in [6.45, 7) is 13.0. The van der Waals surface area contributed by atoms with E-state index < -0.39 is 0 Å². The summed E-state index contributed by atoms with van der Waals surface area (Å²) < 4.78 is 5.61. The lowest BCUT2D eigenvalue weighted by molar-refractivity contribution is -0.117. The van der Waals surface area contributed by atoms with Gasteiger partial charge in [-0.05, 0) is 62.9 Å². The lowest BCUT2D eigenvalue weighted by Crippen LogP contribution is -2.55. The number of rotatable bonds is 3. The maximum atomic E-state index is 12.5. The van der Waals surface area contributed by atoms with Gasteiger partial charge in [0.15, 0.2) is 0 Å². The number of para-hydroxylation sites is 1. The topological polar surface area (TPSA) is 29.5 Å². The number of ether oxygens (including phenoxy) is 1. The van der Waals surface area contributed by atoms with Crippen LogP contribution in [0.4, 0.5) is 5.69 Å². The second kappa shape index (κ2) is 6.46. The van der Waals surface area contributed by atoms with Crippen LogP contribution in [0.1, 0.15) is 57.7 Å². The average Bonchev–Trinajstić information content (AvgIpc) is 2.55. The van der Waals surface area contributed by atoms with Crippen molar-refractivity contribution in [2.45, 2.75) is 58.9 Å². The summed E-state index contributed by atoms with van der Waals surface area (Å²) in [5.74, 6) is 0.990. The van der Waals surface area contributed by atoms with Crippen molar-refractivity contribution in [3.63, 3.8) is 0 Å². The zero-order valence-corrected chi connectivity index (χ0v) is 16.7. The molecule has 2 aromatic rings. The molecule has 1 heterocycles. The van der Waals surface area contributed by atoms with Crippen LogP contribution >= 0.6 is 0 Å².